The molecule has 4 N–H and O–H groups in total. The number of carboxylic acid groups (broad SMARTS) is 1. The lowest BCUT2D eigenvalue weighted by Gasteiger charge is -2.18. The van der Waals surface area contributed by atoms with E-state index in [1.54, 1.807) is 36.4 Å². The topological polar surface area (TPSA) is 108 Å². The van der Waals surface area contributed by atoms with Crippen LogP contribution in [0.4, 0.5) is 17.1 Å². The highest BCUT2D eigenvalue weighted by atomic mass is 32.2. The number of carbonyl (C=O) groups is 3. The monoisotopic (exact) mass is 555 g/mol. The Morgan fingerprint density at radius 1 is 0.718 bits per heavy atom. The minimum Gasteiger partial charge on any atom is -0.478 e. The number of nitrogens with one attached hydrogen (secondary N) is 3. The summed E-state index contributed by atoms with van der Waals surface area (Å²) in [5, 5.41) is 18.2. The Balaban J connectivity index is 1.48. The number of benzene rings is 4. The molecule has 7 nitrogen and oxygen atoms in total. The van der Waals surface area contributed by atoms with Crippen molar-refractivity contribution in [3.8, 4) is 0 Å². The molecule has 39 heavy (non-hydrogen) atoms. The molecule has 1 atom stereocenters. The molecule has 0 radical (unpaired) electrons. The Hall–Kier alpha value is -4.47. The Labute approximate surface area is 235 Å². The summed E-state index contributed by atoms with van der Waals surface area (Å²) in [6.45, 7) is 1.52. The molecule has 0 aliphatic rings. The third kappa shape index (κ3) is 7.76. The minimum absolute atomic E-state index is 0.00663. The molecule has 4 rings (SSSR count). The van der Waals surface area contributed by atoms with Crippen LogP contribution in [0.2, 0.25) is 0 Å². The van der Waals surface area contributed by atoms with Gasteiger partial charge in [-0.25, -0.2) is 4.79 Å². The first-order chi connectivity index (χ1) is 18.8. The first kappa shape index (κ1) is 27.6. The van der Waals surface area contributed by atoms with Crippen molar-refractivity contribution < 1.29 is 19.5 Å². The minimum atomic E-state index is -1.06. The fraction of sp³-hybridized carbons (Fsp3) is 0.0667. The van der Waals surface area contributed by atoms with E-state index in [4.69, 9.17) is 12.2 Å². The molecule has 0 heterocycles. The molecule has 196 valence electrons. The van der Waals surface area contributed by atoms with Gasteiger partial charge in [0.1, 0.15) is 5.25 Å². The number of hydrogen-bond donors (Lipinski definition) is 4. The van der Waals surface area contributed by atoms with Crippen molar-refractivity contribution in [3.05, 3.63) is 120 Å². The number of aromatic carboxylic acids is 1. The van der Waals surface area contributed by atoms with Crippen LogP contribution in [0.5, 0.6) is 0 Å². The Kier molecular flexibility index (Phi) is 9.09. The lowest BCUT2D eigenvalue weighted by Crippen LogP contribution is -2.20. The highest BCUT2D eigenvalue weighted by Gasteiger charge is 2.23. The summed E-state index contributed by atoms with van der Waals surface area (Å²) in [6.07, 6.45) is 0. The number of Topliss-reactive ketones (excluding diaryl/α,β-unsaturated/α-hetero) is 1. The van der Waals surface area contributed by atoms with E-state index in [0.29, 0.717) is 16.4 Å². The fourth-order valence-electron chi connectivity index (χ4n) is 3.70. The van der Waals surface area contributed by atoms with E-state index in [2.05, 4.69) is 16.0 Å². The van der Waals surface area contributed by atoms with Crippen LogP contribution in [0.15, 0.2) is 108 Å². The smallest absolute Gasteiger partial charge is 0.335 e. The van der Waals surface area contributed by atoms with Crippen LogP contribution < -0.4 is 16.0 Å². The molecule has 9 heteroatoms. The Morgan fingerprint density at radius 2 is 1.36 bits per heavy atom. The maximum absolute atomic E-state index is 13.4. The lowest BCUT2D eigenvalue weighted by atomic mass is 10.1. The van der Waals surface area contributed by atoms with Gasteiger partial charge in [-0.05, 0) is 85.4 Å². The summed E-state index contributed by atoms with van der Waals surface area (Å²) >= 11 is 6.82. The number of thiocarbonyl (C=S) groups is 1. The Morgan fingerprint density at radius 3 is 2.03 bits per heavy atom. The van der Waals surface area contributed by atoms with Crippen molar-refractivity contribution in [1.29, 1.82) is 0 Å². The van der Waals surface area contributed by atoms with Gasteiger partial charge < -0.3 is 21.1 Å². The maximum Gasteiger partial charge on any atom is 0.335 e. The standard InChI is InChI=1S/C30H25N3O4S2/c1-19(34)20-13-15-23(16-14-20)32-30(38)33-25-11-6-12-26(18-25)39-27(21-7-3-2-4-8-21)28(35)31-24-10-5-9-22(17-24)29(36)37/h2-18,27H,1H3,(H,31,35)(H,36,37)(H2,32,33,38). The summed E-state index contributed by atoms with van der Waals surface area (Å²) in [6, 6.07) is 30.1. The quantitative estimate of drug-likeness (QED) is 0.101. The van der Waals surface area contributed by atoms with Crippen LogP contribution in [0.25, 0.3) is 0 Å². The molecule has 0 fully saturated rings. The lowest BCUT2D eigenvalue weighted by molar-refractivity contribution is -0.115. The SMILES string of the molecule is CC(=O)c1ccc(NC(=S)Nc2cccc(SC(C(=O)Nc3cccc(C(=O)O)c3)c3ccccc3)c2)cc1. The van der Waals surface area contributed by atoms with Gasteiger partial charge >= 0.3 is 5.97 Å². The normalized spacial score (nSPS) is 11.2. The second kappa shape index (κ2) is 12.9. The number of hydrogen-bond acceptors (Lipinski definition) is 5. The van der Waals surface area contributed by atoms with Crippen molar-refractivity contribution in [2.75, 3.05) is 16.0 Å². The average Bonchev–Trinajstić information content (AvgIpc) is 2.92. The number of carboxylic acids is 1. The highest BCUT2D eigenvalue weighted by Crippen LogP contribution is 2.37. The van der Waals surface area contributed by atoms with Crippen molar-refractivity contribution in [2.45, 2.75) is 17.1 Å². The second-order valence-corrected chi connectivity index (χ2v) is 10.1. The van der Waals surface area contributed by atoms with Crippen molar-refractivity contribution in [1.82, 2.24) is 0 Å². The number of carbonyl (C=O) groups excluding carboxylic acids is 2. The van der Waals surface area contributed by atoms with Gasteiger partial charge in [-0.15, -0.1) is 11.8 Å². The third-order valence-corrected chi connectivity index (χ3v) is 7.06. The van der Waals surface area contributed by atoms with Crippen molar-refractivity contribution in [2.24, 2.45) is 0 Å². The van der Waals surface area contributed by atoms with E-state index in [0.717, 1.165) is 21.8 Å². The first-order valence-electron chi connectivity index (χ1n) is 11.9. The molecule has 0 aromatic heterocycles. The number of anilines is 3. The molecule has 0 aliphatic heterocycles. The van der Waals surface area contributed by atoms with E-state index >= 15 is 0 Å². The van der Waals surface area contributed by atoms with Crippen LogP contribution in [-0.2, 0) is 4.79 Å². The van der Waals surface area contributed by atoms with E-state index in [1.165, 1.54) is 30.8 Å². The molecule has 0 spiro atoms. The predicted octanol–water partition coefficient (Wildman–Crippen LogP) is 6.87. The van der Waals surface area contributed by atoms with Crippen LogP contribution in [0.1, 0.15) is 38.5 Å². The number of rotatable bonds is 9. The molecule has 4 aromatic carbocycles. The predicted molar refractivity (Wildman–Crippen MR) is 160 cm³/mol. The van der Waals surface area contributed by atoms with Crippen LogP contribution in [-0.4, -0.2) is 27.9 Å². The maximum atomic E-state index is 13.4. The van der Waals surface area contributed by atoms with Gasteiger partial charge in [-0.1, -0.05) is 42.5 Å². The zero-order valence-corrected chi connectivity index (χ0v) is 22.5. The van der Waals surface area contributed by atoms with Gasteiger partial charge in [0.2, 0.25) is 5.91 Å². The zero-order valence-electron chi connectivity index (χ0n) is 20.9. The van der Waals surface area contributed by atoms with E-state index in [1.807, 2.05) is 54.6 Å². The summed E-state index contributed by atoms with van der Waals surface area (Å²) < 4.78 is 0. The summed E-state index contributed by atoms with van der Waals surface area (Å²) in [5.74, 6) is -1.35. The van der Waals surface area contributed by atoms with Gasteiger partial charge in [0.25, 0.3) is 0 Å². The van der Waals surface area contributed by atoms with Gasteiger partial charge in [-0.2, -0.15) is 0 Å². The molecule has 4 aromatic rings. The van der Waals surface area contributed by atoms with Crippen LogP contribution in [0.3, 0.4) is 0 Å². The third-order valence-electron chi connectivity index (χ3n) is 5.61. The largest absolute Gasteiger partial charge is 0.478 e. The average molecular weight is 556 g/mol. The van der Waals surface area contributed by atoms with E-state index in [-0.39, 0.29) is 17.3 Å². The van der Waals surface area contributed by atoms with Gasteiger partial charge in [-0.3, -0.25) is 9.59 Å². The summed E-state index contributed by atoms with van der Waals surface area (Å²) in [5.41, 5.74) is 3.41. The Bertz CT molecular complexity index is 1510. The molecule has 1 unspecified atom stereocenters. The van der Waals surface area contributed by atoms with E-state index in [9.17, 15) is 19.5 Å². The molecule has 0 saturated carbocycles. The number of thioether (sulfide) groups is 1. The van der Waals surface area contributed by atoms with Crippen molar-refractivity contribution in [3.63, 3.8) is 0 Å². The molecule has 0 bridgehead atoms. The van der Waals surface area contributed by atoms with Gasteiger partial charge in [0.15, 0.2) is 10.9 Å². The molecule has 0 saturated heterocycles. The molecule has 1 amide bonds. The zero-order chi connectivity index (χ0) is 27.8. The molecular weight excluding hydrogens is 530 g/mol. The van der Waals surface area contributed by atoms with Gasteiger partial charge in [0, 0.05) is 27.5 Å². The number of ketones is 1. The highest BCUT2D eigenvalue weighted by molar-refractivity contribution is 8.00. The van der Waals surface area contributed by atoms with Crippen LogP contribution in [0, 0.1) is 0 Å². The molecule has 0 aliphatic carbocycles. The van der Waals surface area contributed by atoms with Crippen molar-refractivity contribution >= 4 is 63.8 Å². The molecular formula is C30H25N3O4S2. The van der Waals surface area contributed by atoms with E-state index < -0.39 is 11.2 Å². The first-order valence-corrected chi connectivity index (χ1v) is 13.2. The second-order valence-electron chi connectivity index (χ2n) is 8.52. The fourth-order valence-corrected chi connectivity index (χ4v) is 5.02. The van der Waals surface area contributed by atoms with Gasteiger partial charge in [0.05, 0.1) is 5.56 Å². The number of amides is 1. The summed E-state index contributed by atoms with van der Waals surface area (Å²) in [4.78, 5) is 37.0. The summed E-state index contributed by atoms with van der Waals surface area (Å²) in [7, 11) is 0. The van der Waals surface area contributed by atoms with Crippen LogP contribution >= 0.6 is 24.0 Å².